The Balaban J connectivity index is 1.86. The van der Waals surface area contributed by atoms with Crippen LogP contribution in [0.5, 0.6) is 0 Å². The molecule has 1 atom stereocenters. The van der Waals surface area contributed by atoms with Crippen molar-refractivity contribution in [1.82, 2.24) is 5.32 Å². The predicted octanol–water partition coefficient (Wildman–Crippen LogP) is 5.52. The summed E-state index contributed by atoms with van der Waals surface area (Å²) in [5, 5.41) is 2.98. The van der Waals surface area contributed by atoms with E-state index in [0.717, 1.165) is 27.8 Å². The van der Waals surface area contributed by atoms with Crippen LogP contribution in [0, 0.1) is 34.6 Å². The summed E-state index contributed by atoms with van der Waals surface area (Å²) in [5.41, 5.74) is 6.57. The minimum absolute atomic E-state index is 0.0873. The molecule has 3 aromatic carbocycles. The Morgan fingerprint density at radius 3 is 2.03 bits per heavy atom. The lowest BCUT2D eigenvalue weighted by Crippen LogP contribution is -2.27. The summed E-state index contributed by atoms with van der Waals surface area (Å²) in [6.45, 7) is 11.5. The summed E-state index contributed by atoms with van der Waals surface area (Å²) in [7, 11) is -3.86. The highest BCUT2D eigenvalue weighted by molar-refractivity contribution is 7.92. The monoisotopic (exact) mass is 450 g/mol. The van der Waals surface area contributed by atoms with Crippen molar-refractivity contribution >= 4 is 21.6 Å². The maximum atomic E-state index is 13.1. The summed E-state index contributed by atoms with van der Waals surface area (Å²) >= 11 is 0. The molecule has 3 rings (SSSR count). The third kappa shape index (κ3) is 5.19. The largest absolute Gasteiger partial charge is 0.346 e. The van der Waals surface area contributed by atoms with Gasteiger partial charge in [0.25, 0.3) is 15.9 Å². The number of amides is 1. The first-order valence-corrected chi connectivity index (χ1v) is 12.0. The van der Waals surface area contributed by atoms with Gasteiger partial charge in [0.15, 0.2) is 0 Å². The van der Waals surface area contributed by atoms with Crippen LogP contribution >= 0.6 is 0 Å². The van der Waals surface area contributed by atoms with Crippen LogP contribution in [0.3, 0.4) is 0 Å². The van der Waals surface area contributed by atoms with Gasteiger partial charge < -0.3 is 5.32 Å². The summed E-state index contributed by atoms with van der Waals surface area (Å²) in [6, 6.07) is 16.2. The van der Waals surface area contributed by atoms with Crippen LogP contribution in [0.15, 0.2) is 59.5 Å². The Labute approximate surface area is 190 Å². The zero-order chi connectivity index (χ0) is 23.6. The van der Waals surface area contributed by atoms with E-state index < -0.39 is 10.0 Å². The van der Waals surface area contributed by atoms with Crippen molar-refractivity contribution in [2.45, 2.75) is 52.5 Å². The second kappa shape index (κ2) is 9.17. The number of anilines is 1. The fourth-order valence-corrected chi connectivity index (χ4v) is 5.23. The average Bonchev–Trinajstić information content (AvgIpc) is 2.70. The molecule has 0 unspecified atom stereocenters. The minimum Gasteiger partial charge on any atom is -0.346 e. The molecule has 32 heavy (non-hydrogen) atoms. The van der Waals surface area contributed by atoms with Gasteiger partial charge in [-0.25, -0.2) is 8.42 Å². The molecule has 0 aliphatic heterocycles. The van der Waals surface area contributed by atoms with Crippen molar-refractivity contribution in [2.24, 2.45) is 0 Å². The highest BCUT2D eigenvalue weighted by atomic mass is 32.2. The molecule has 1 amide bonds. The number of carbonyl (C=O) groups excluding carboxylic acids is 1. The Morgan fingerprint density at radius 2 is 1.41 bits per heavy atom. The zero-order valence-electron chi connectivity index (χ0n) is 19.4. The van der Waals surface area contributed by atoms with Crippen LogP contribution in [0.25, 0.3) is 0 Å². The van der Waals surface area contributed by atoms with Crippen molar-refractivity contribution in [3.63, 3.8) is 0 Å². The smallest absolute Gasteiger partial charge is 0.262 e. The number of hydrogen-bond donors (Lipinski definition) is 2. The first-order chi connectivity index (χ1) is 15.0. The number of rotatable bonds is 6. The third-order valence-corrected chi connectivity index (χ3v) is 7.11. The molecule has 2 N–H and O–H groups in total. The molecule has 168 valence electrons. The lowest BCUT2D eigenvalue weighted by atomic mass is 10.00. The highest BCUT2D eigenvalue weighted by Crippen LogP contribution is 2.24. The number of sulfonamides is 1. The van der Waals surface area contributed by atoms with Gasteiger partial charge in [0.2, 0.25) is 0 Å². The van der Waals surface area contributed by atoms with Crippen molar-refractivity contribution < 1.29 is 13.2 Å². The van der Waals surface area contributed by atoms with E-state index in [2.05, 4.69) is 16.1 Å². The molecule has 0 spiro atoms. The SMILES string of the molecule is Cc1ccc(NS(=O)(=O)c2cc(C(=O)N[C@H](C)c3ccc(C)cc3C)ccc2C)c(C)c1. The van der Waals surface area contributed by atoms with Crippen molar-refractivity contribution in [2.75, 3.05) is 4.72 Å². The first-order valence-electron chi connectivity index (χ1n) is 10.6. The molecule has 0 bridgehead atoms. The van der Waals surface area contributed by atoms with E-state index in [9.17, 15) is 13.2 Å². The predicted molar refractivity (Wildman–Crippen MR) is 130 cm³/mol. The summed E-state index contributed by atoms with van der Waals surface area (Å²) in [4.78, 5) is 13.0. The number of aryl methyl sites for hydroxylation is 5. The fourth-order valence-electron chi connectivity index (χ4n) is 3.83. The molecule has 0 heterocycles. The van der Waals surface area contributed by atoms with E-state index >= 15 is 0 Å². The average molecular weight is 451 g/mol. The third-order valence-electron chi connectivity index (χ3n) is 5.61. The van der Waals surface area contributed by atoms with Gasteiger partial charge in [-0.1, -0.05) is 47.5 Å². The van der Waals surface area contributed by atoms with Gasteiger partial charge >= 0.3 is 0 Å². The van der Waals surface area contributed by atoms with Crippen LogP contribution < -0.4 is 10.0 Å². The van der Waals surface area contributed by atoms with E-state index in [1.807, 2.05) is 58.9 Å². The second-order valence-electron chi connectivity index (χ2n) is 8.46. The highest BCUT2D eigenvalue weighted by Gasteiger charge is 2.21. The number of hydrogen-bond acceptors (Lipinski definition) is 3. The molecule has 6 heteroatoms. The van der Waals surface area contributed by atoms with Crippen molar-refractivity contribution in [3.05, 3.63) is 93.5 Å². The topological polar surface area (TPSA) is 75.3 Å². The lowest BCUT2D eigenvalue weighted by Gasteiger charge is -2.18. The van der Waals surface area contributed by atoms with E-state index in [0.29, 0.717) is 16.8 Å². The molecule has 0 saturated heterocycles. The quantitative estimate of drug-likeness (QED) is 0.519. The van der Waals surface area contributed by atoms with Crippen LogP contribution in [-0.2, 0) is 10.0 Å². The van der Waals surface area contributed by atoms with E-state index in [4.69, 9.17) is 0 Å². The zero-order valence-corrected chi connectivity index (χ0v) is 20.2. The van der Waals surface area contributed by atoms with E-state index in [1.165, 1.54) is 6.07 Å². The molecule has 0 aliphatic carbocycles. The molecule has 0 fully saturated rings. The van der Waals surface area contributed by atoms with Gasteiger partial charge in [-0.3, -0.25) is 9.52 Å². The Hall–Kier alpha value is -3.12. The first kappa shape index (κ1) is 23.5. The van der Waals surface area contributed by atoms with E-state index in [-0.39, 0.29) is 16.8 Å². The summed E-state index contributed by atoms with van der Waals surface area (Å²) < 4.78 is 28.9. The standard InChI is InChI=1S/C26H30N2O3S/c1-16-7-11-23(19(4)13-16)21(6)27-26(29)22-10-9-18(3)25(15-22)32(30,31)28-24-12-8-17(2)14-20(24)5/h7-15,21,28H,1-6H3,(H,27,29)/t21-/m1/s1. The van der Waals surface area contributed by atoms with Gasteiger partial charge in [-0.2, -0.15) is 0 Å². The van der Waals surface area contributed by atoms with Crippen molar-refractivity contribution in [1.29, 1.82) is 0 Å². The van der Waals surface area contributed by atoms with Gasteiger partial charge in [0, 0.05) is 5.56 Å². The van der Waals surface area contributed by atoms with Gasteiger partial charge in [-0.15, -0.1) is 0 Å². The number of benzene rings is 3. The minimum atomic E-state index is -3.86. The lowest BCUT2D eigenvalue weighted by molar-refractivity contribution is 0.0939. The second-order valence-corrected chi connectivity index (χ2v) is 10.1. The van der Waals surface area contributed by atoms with Crippen LogP contribution in [0.4, 0.5) is 5.69 Å². The maximum Gasteiger partial charge on any atom is 0.262 e. The number of carbonyl (C=O) groups is 1. The number of nitrogens with one attached hydrogen (secondary N) is 2. The molecule has 0 aromatic heterocycles. The molecule has 0 saturated carbocycles. The molecular formula is C26H30N2O3S. The normalized spacial score (nSPS) is 12.3. The van der Waals surface area contributed by atoms with Crippen LogP contribution in [0.2, 0.25) is 0 Å². The molecule has 0 aliphatic rings. The van der Waals surface area contributed by atoms with Crippen LogP contribution in [0.1, 0.15) is 56.7 Å². The molecular weight excluding hydrogens is 420 g/mol. The van der Waals surface area contributed by atoms with Gasteiger partial charge in [-0.05, 0) is 82.0 Å². The molecule has 3 aromatic rings. The van der Waals surface area contributed by atoms with Crippen LogP contribution in [-0.4, -0.2) is 14.3 Å². The Morgan fingerprint density at radius 1 is 0.781 bits per heavy atom. The Bertz CT molecular complexity index is 1280. The summed E-state index contributed by atoms with van der Waals surface area (Å²) in [6.07, 6.45) is 0. The molecule has 0 radical (unpaired) electrons. The Kier molecular flexibility index (Phi) is 6.74. The maximum absolute atomic E-state index is 13.1. The van der Waals surface area contributed by atoms with Gasteiger partial charge in [0.1, 0.15) is 0 Å². The molecule has 5 nitrogen and oxygen atoms in total. The van der Waals surface area contributed by atoms with Gasteiger partial charge in [0.05, 0.1) is 16.6 Å². The fraction of sp³-hybridized carbons (Fsp3) is 0.269. The van der Waals surface area contributed by atoms with Crippen molar-refractivity contribution in [3.8, 4) is 0 Å². The summed E-state index contributed by atoms with van der Waals surface area (Å²) in [5.74, 6) is -0.319. The van der Waals surface area contributed by atoms with E-state index in [1.54, 1.807) is 25.1 Å².